The molecule has 2 fully saturated rings. The first kappa shape index (κ1) is 19.9. The molecule has 2 saturated heterocycles. The molecule has 9 heteroatoms. The van der Waals surface area contributed by atoms with Gasteiger partial charge in [0.15, 0.2) is 0 Å². The van der Waals surface area contributed by atoms with Gasteiger partial charge in [-0.15, -0.1) is 0 Å². The van der Waals surface area contributed by atoms with E-state index in [1.807, 2.05) is 45.2 Å². The number of phenolic OH excluding ortho intramolecular Hbond substituents is 1. The molecule has 0 bridgehead atoms. The van der Waals surface area contributed by atoms with E-state index in [0.717, 1.165) is 41.5 Å². The summed E-state index contributed by atoms with van der Waals surface area (Å²) < 4.78 is 1.33. The second-order valence-electron chi connectivity index (χ2n) is 6.04. The number of benzene rings is 1. The van der Waals surface area contributed by atoms with Crippen molar-refractivity contribution in [3.63, 3.8) is 0 Å². The van der Waals surface area contributed by atoms with Crippen LogP contribution in [0, 0.1) is 7.14 Å². The van der Waals surface area contributed by atoms with E-state index in [1.165, 1.54) is 0 Å². The monoisotopic (exact) mass is 598 g/mol. The van der Waals surface area contributed by atoms with Gasteiger partial charge < -0.3 is 10.0 Å². The lowest BCUT2D eigenvalue weighted by Gasteiger charge is -2.27. The molecule has 2 aliphatic heterocycles. The predicted molar refractivity (Wildman–Crippen MR) is 117 cm³/mol. The number of hydrogen-bond donors (Lipinski definition) is 1. The number of halogens is 2. The van der Waals surface area contributed by atoms with Crippen LogP contribution in [0.3, 0.4) is 0 Å². The van der Waals surface area contributed by atoms with E-state index >= 15 is 0 Å². The van der Waals surface area contributed by atoms with Crippen LogP contribution in [0.4, 0.5) is 4.79 Å². The maximum Gasteiger partial charge on any atom is 0.294 e. The number of thioether (sulfide) groups is 1. The van der Waals surface area contributed by atoms with Gasteiger partial charge in [0.25, 0.3) is 11.1 Å². The van der Waals surface area contributed by atoms with Gasteiger partial charge in [0, 0.05) is 13.1 Å². The SMILES string of the molecule is O=C(CN1C(=O)S/C(=C\c2cc(I)c(O)c(I)c2)C1=O)N1CCCCC1. The van der Waals surface area contributed by atoms with Gasteiger partial charge in [0.1, 0.15) is 12.3 Å². The molecular formula is C17H16I2N2O4S. The number of carbonyl (C=O) groups is 3. The third-order valence-electron chi connectivity index (χ3n) is 4.21. The predicted octanol–water partition coefficient (Wildman–Crippen LogP) is 3.65. The lowest BCUT2D eigenvalue weighted by molar-refractivity contribution is -0.136. The van der Waals surface area contributed by atoms with Crippen molar-refractivity contribution in [3.05, 3.63) is 29.7 Å². The summed E-state index contributed by atoms with van der Waals surface area (Å²) in [7, 11) is 0. The van der Waals surface area contributed by atoms with Crippen molar-refractivity contribution in [2.24, 2.45) is 0 Å². The largest absolute Gasteiger partial charge is 0.506 e. The molecule has 0 spiro atoms. The number of hydrogen-bond acceptors (Lipinski definition) is 5. The normalized spacial score (nSPS) is 19.5. The molecule has 1 N–H and O–H groups in total. The summed E-state index contributed by atoms with van der Waals surface area (Å²) in [6.45, 7) is 1.18. The molecule has 26 heavy (non-hydrogen) atoms. The van der Waals surface area contributed by atoms with Crippen molar-refractivity contribution in [1.82, 2.24) is 9.80 Å². The zero-order valence-electron chi connectivity index (χ0n) is 13.7. The second kappa shape index (κ2) is 8.46. The topological polar surface area (TPSA) is 77.9 Å². The second-order valence-corrected chi connectivity index (χ2v) is 9.36. The van der Waals surface area contributed by atoms with Crippen molar-refractivity contribution in [2.75, 3.05) is 19.6 Å². The molecule has 1 aromatic carbocycles. The molecule has 2 heterocycles. The summed E-state index contributed by atoms with van der Waals surface area (Å²) in [5.41, 5.74) is 0.726. The molecule has 1 aromatic rings. The van der Waals surface area contributed by atoms with Gasteiger partial charge in [0.2, 0.25) is 5.91 Å². The van der Waals surface area contributed by atoms with E-state index in [0.29, 0.717) is 25.1 Å². The molecule has 138 valence electrons. The summed E-state index contributed by atoms with van der Waals surface area (Å²) in [4.78, 5) is 40.2. The molecule has 2 aliphatic rings. The van der Waals surface area contributed by atoms with Crippen LogP contribution in [-0.2, 0) is 9.59 Å². The molecule has 0 radical (unpaired) electrons. The Bertz CT molecular complexity index is 783. The van der Waals surface area contributed by atoms with Gasteiger partial charge >= 0.3 is 0 Å². The van der Waals surface area contributed by atoms with Crippen molar-refractivity contribution in [2.45, 2.75) is 19.3 Å². The molecule has 0 unspecified atom stereocenters. The number of piperidine rings is 1. The number of aromatic hydroxyl groups is 1. The van der Waals surface area contributed by atoms with Crippen LogP contribution >= 0.6 is 56.9 Å². The summed E-state index contributed by atoms with van der Waals surface area (Å²) in [6, 6.07) is 3.48. The Morgan fingerprint density at radius 2 is 1.77 bits per heavy atom. The van der Waals surface area contributed by atoms with Gasteiger partial charge in [-0.05, 0) is 100.0 Å². The molecule has 0 aliphatic carbocycles. The number of nitrogens with zero attached hydrogens (tertiary/aromatic N) is 2. The number of amides is 3. The molecule has 0 aromatic heterocycles. The fourth-order valence-electron chi connectivity index (χ4n) is 2.83. The summed E-state index contributed by atoms with van der Waals surface area (Å²) in [5.74, 6) is -0.422. The van der Waals surface area contributed by atoms with Crippen molar-refractivity contribution < 1.29 is 19.5 Å². The maximum atomic E-state index is 12.6. The van der Waals surface area contributed by atoms with Gasteiger partial charge in [-0.25, -0.2) is 0 Å². The third kappa shape index (κ3) is 4.35. The van der Waals surface area contributed by atoms with Crippen molar-refractivity contribution in [1.29, 1.82) is 0 Å². The first-order valence-corrected chi connectivity index (χ1v) is 11.1. The van der Waals surface area contributed by atoms with Crippen LogP contribution in [0.25, 0.3) is 6.08 Å². The third-order valence-corrected chi connectivity index (χ3v) is 6.76. The van der Waals surface area contributed by atoms with Crippen LogP contribution in [0.2, 0.25) is 0 Å². The minimum atomic E-state index is -0.441. The van der Waals surface area contributed by atoms with Crippen molar-refractivity contribution in [3.8, 4) is 5.75 Å². The van der Waals surface area contributed by atoms with E-state index in [9.17, 15) is 19.5 Å². The number of rotatable bonds is 3. The minimum absolute atomic E-state index is 0.179. The van der Waals surface area contributed by atoms with Gasteiger partial charge in [0.05, 0.1) is 12.0 Å². The number of phenols is 1. The van der Waals surface area contributed by atoms with Gasteiger partial charge in [-0.2, -0.15) is 0 Å². The molecule has 0 atom stereocenters. The average molecular weight is 598 g/mol. The summed E-state index contributed by atoms with van der Waals surface area (Å²) in [5, 5.41) is 9.42. The lowest BCUT2D eigenvalue weighted by atomic mass is 10.1. The zero-order valence-corrected chi connectivity index (χ0v) is 18.8. The van der Waals surface area contributed by atoms with Crippen LogP contribution < -0.4 is 0 Å². The number of imide groups is 1. The maximum absolute atomic E-state index is 12.6. The van der Waals surface area contributed by atoms with Crippen LogP contribution in [-0.4, -0.2) is 51.6 Å². The standard InChI is InChI=1S/C17H16I2N2O4S/c18-11-6-10(7-12(19)15(11)23)8-13-16(24)21(17(25)26-13)9-14(22)20-4-2-1-3-5-20/h6-8,23H,1-5,9H2/b13-8-. The Morgan fingerprint density at radius 1 is 1.15 bits per heavy atom. The molecule has 3 amide bonds. The Balaban J connectivity index is 1.75. The fraction of sp³-hybridized carbons (Fsp3) is 0.353. The summed E-state index contributed by atoms with van der Waals surface area (Å²) >= 11 is 4.87. The molecule has 3 rings (SSSR count). The van der Waals surface area contributed by atoms with Crippen molar-refractivity contribution >= 4 is 80.1 Å². The van der Waals surface area contributed by atoms with Gasteiger partial charge in [-0.3, -0.25) is 19.3 Å². The average Bonchev–Trinajstić information content (AvgIpc) is 2.87. The quantitative estimate of drug-likeness (QED) is 0.425. The highest BCUT2D eigenvalue weighted by atomic mass is 127. The molecular weight excluding hydrogens is 582 g/mol. The minimum Gasteiger partial charge on any atom is -0.506 e. The molecule has 6 nitrogen and oxygen atoms in total. The Labute approximate surface area is 182 Å². The van der Waals surface area contributed by atoms with Crippen LogP contribution in [0.5, 0.6) is 5.75 Å². The number of carbonyl (C=O) groups excluding carboxylic acids is 3. The smallest absolute Gasteiger partial charge is 0.294 e. The fourth-order valence-corrected chi connectivity index (χ4v) is 5.49. The van der Waals surface area contributed by atoms with E-state index in [4.69, 9.17) is 0 Å². The highest BCUT2D eigenvalue weighted by Crippen LogP contribution is 2.34. The van der Waals surface area contributed by atoms with E-state index in [2.05, 4.69) is 0 Å². The molecule has 0 saturated carbocycles. The lowest BCUT2D eigenvalue weighted by Crippen LogP contribution is -2.44. The zero-order chi connectivity index (χ0) is 18.8. The van der Waals surface area contributed by atoms with Crippen LogP contribution in [0.15, 0.2) is 17.0 Å². The van der Waals surface area contributed by atoms with E-state index < -0.39 is 11.1 Å². The summed E-state index contributed by atoms with van der Waals surface area (Å²) in [6.07, 6.45) is 4.66. The first-order chi connectivity index (χ1) is 12.4. The highest BCUT2D eigenvalue weighted by Gasteiger charge is 2.37. The van der Waals surface area contributed by atoms with Gasteiger partial charge in [-0.1, -0.05) is 0 Å². The highest BCUT2D eigenvalue weighted by molar-refractivity contribution is 14.1. The Hall–Kier alpha value is -0.820. The first-order valence-electron chi connectivity index (χ1n) is 8.08. The van der Waals surface area contributed by atoms with E-state index in [1.54, 1.807) is 23.1 Å². The van der Waals surface area contributed by atoms with Crippen LogP contribution in [0.1, 0.15) is 24.8 Å². The van der Waals surface area contributed by atoms with E-state index in [-0.39, 0.29) is 18.2 Å². The Kier molecular flexibility index (Phi) is 6.49. The number of likely N-dealkylation sites (tertiary alicyclic amines) is 1. The Morgan fingerprint density at radius 3 is 2.38 bits per heavy atom.